The zero-order valence-corrected chi connectivity index (χ0v) is 14.3. The second-order valence-electron chi connectivity index (χ2n) is 6.07. The van der Waals surface area contributed by atoms with Gasteiger partial charge in [0.1, 0.15) is 0 Å². The summed E-state index contributed by atoms with van der Waals surface area (Å²) in [7, 11) is 0. The molecule has 0 spiro atoms. The highest BCUT2D eigenvalue weighted by Gasteiger charge is 2.31. The van der Waals surface area contributed by atoms with Gasteiger partial charge in [-0.2, -0.15) is 0 Å². The summed E-state index contributed by atoms with van der Waals surface area (Å²) in [6, 6.07) is 5.23. The number of hydrogen-bond donors (Lipinski definition) is 2. The summed E-state index contributed by atoms with van der Waals surface area (Å²) in [6.07, 6.45) is 2.01. The Morgan fingerprint density at radius 1 is 1.50 bits per heavy atom. The van der Waals surface area contributed by atoms with Gasteiger partial charge in [-0.3, -0.25) is 19.5 Å². The molecule has 0 bridgehead atoms. The average molecular weight is 334 g/mol. The molecule has 1 aromatic heterocycles. The van der Waals surface area contributed by atoms with Crippen LogP contribution >= 0.6 is 0 Å². The Bertz CT molecular complexity index is 536. The number of piperazine rings is 1. The summed E-state index contributed by atoms with van der Waals surface area (Å²) >= 11 is 0. The molecule has 0 saturated carbocycles. The average Bonchev–Trinajstić information content (AvgIpc) is 2.56. The summed E-state index contributed by atoms with van der Waals surface area (Å²) in [5.74, 6) is -0.249. The van der Waals surface area contributed by atoms with Gasteiger partial charge in [-0.15, -0.1) is 0 Å². The zero-order valence-electron chi connectivity index (χ0n) is 14.3. The minimum atomic E-state index is -0.466. The van der Waals surface area contributed by atoms with E-state index in [1.54, 1.807) is 6.20 Å². The van der Waals surface area contributed by atoms with E-state index < -0.39 is 6.04 Å². The van der Waals surface area contributed by atoms with Crippen LogP contribution in [-0.2, 0) is 20.9 Å². The molecule has 0 radical (unpaired) electrons. The Balaban J connectivity index is 1.86. The Labute approximate surface area is 142 Å². The van der Waals surface area contributed by atoms with Crippen LogP contribution in [0.5, 0.6) is 0 Å². The first-order valence-corrected chi connectivity index (χ1v) is 8.36. The van der Waals surface area contributed by atoms with Crippen molar-refractivity contribution in [1.82, 2.24) is 20.5 Å². The predicted octanol–water partition coefficient (Wildman–Crippen LogP) is 0.313. The molecule has 1 aromatic rings. The third-order valence-corrected chi connectivity index (χ3v) is 3.79. The number of nitrogens with one attached hydrogen (secondary N) is 2. The van der Waals surface area contributed by atoms with Crippen molar-refractivity contribution in [3.8, 4) is 0 Å². The van der Waals surface area contributed by atoms with Crippen LogP contribution in [0.15, 0.2) is 24.4 Å². The van der Waals surface area contributed by atoms with Gasteiger partial charge in [-0.25, -0.2) is 0 Å². The van der Waals surface area contributed by atoms with Crippen molar-refractivity contribution in [3.63, 3.8) is 0 Å². The first-order valence-electron chi connectivity index (χ1n) is 8.36. The summed E-state index contributed by atoms with van der Waals surface area (Å²) < 4.78 is 5.39. The van der Waals surface area contributed by atoms with Crippen molar-refractivity contribution >= 4 is 11.8 Å². The van der Waals surface area contributed by atoms with Gasteiger partial charge in [0.25, 0.3) is 0 Å². The number of nitrogens with zero attached hydrogens (tertiary/aromatic N) is 2. The largest absolute Gasteiger partial charge is 0.377 e. The number of aromatic nitrogens is 1. The van der Waals surface area contributed by atoms with Gasteiger partial charge in [0.15, 0.2) is 0 Å². The van der Waals surface area contributed by atoms with Crippen LogP contribution in [0.4, 0.5) is 0 Å². The number of pyridine rings is 1. The third kappa shape index (κ3) is 5.90. The molecule has 24 heavy (non-hydrogen) atoms. The summed E-state index contributed by atoms with van der Waals surface area (Å²) in [5, 5.41) is 5.63. The van der Waals surface area contributed by atoms with Crippen molar-refractivity contribution in [2.45, 2.75) is 39.0 Å². The molecule has 7 heteroatoms. The minimum absolute atomic E-state index is 0.106. The van der Waals surface area contributed by atoms with Crippen LogP contribution in [0.1, 0.15) is 26.0 Å². The molecule has 132 valence electrons. The molecule has 0 aromatic carbocycles. The van der Waals surface area contributed by atoms with Crippen LogP contribution < -0.4 is 10.6 Å². The Morgan fingerprint density at radius 2 is 2.33 bits per heavy atom. The van der Waals surface area contributed by atoms with E-state index in [4.69, 9.17) is 4.74 Å². The predicted molar refractivity (Wildman–Crippen MR) is 90.2 cm³/mol. The van der Waals surface area contributed by atoms with E-state index in [2.05, 4.69) is 15.6 Å². The van der Waals surface area contributed by atoms with Gasteiger partial charge in [0, 0.05) is 32.4 Å². The lowest BCUT2D eigenvalue weighted by Gasteiger charge is -2.34. The highest BCUT2D eigenvalue weighted by molar-refractivity contribution is 5.88. The van der Waals surface area contributed by atoms with Crippen molar-refractivity contribution in [1.29, 1.82) is 0 Å². The molecule has 1 atom stereocenters. The lowest BCUT2D eigenvalue weighted by atomic mass is 10.1. The quantitative estimate of drug-likeness (QED) is 0.669. The smallest absolute Gasteiger partial charge is 0.237 e. The Morgan fingerprint density at radius 3 is 3.04 bits per heavy atom. The van der Waals surface area contributed by atoms with E-state index in [1.807, 2.05) is 36.9 Å². The minimum Gasteiger partial charge on any atom is -0.377 e. The lowest BCUT2D eigenvalue weighted by molar-refractivity contribution is -0.134. The van der Waals surface area contributed by atoms with E-state index in [-0.39, 0.29) is 24.3 Å². The van der Waals surface area contributed by atoms with E-state index in [1.165, 1.54) is 0 Å². The van der Waals surface area contributed by atoms with E-state index in [9.17, 15) is 9.59 Å². The van der Waals surface area contributed by atoms with E-state index in [0.29, 0.717) is 32.8 Å². The van der Waals surface area contributed by atoms with Crippen molar-refractivity contribution in [2.75, 3.05) is 26.2 Å². The molecule has 0 aliphatic carbocycles. The summed E-state index contributed by atoms with van der Waals surface area (Å²) in [5.41, 5.74) is 0.892. The molecule has 1 aliphatic heterocycles. The van der Waals surface area contributed by atoms with Gasteiger partial charge in [0.05, 0.1) is 30.9 Å². The fourth-order valence-corrected chi connectivity index (χ4v) is 2.61. The molecular weight excluding hydrogens is 308 g/mol. The van der Waals surface area contributed by atoms with Crippen molar-refractivity contribution < 1.29 is 14.3 Å². The van der Waals surface area contributed by atoms with E-state index >= 15 is 0 Å². The highest BCUT2D eigenvalue weighted by atomic mass is 16.5. The van der Waals surface area contributed by atoms with Crippen LogP contribution in [0.3, 0.4) is 0 Å². The Hall–Kier alpha value is -1.99. The number of ether oxygens (including phenoxy) is 1. The maximum atomic E-state index is 12.2. The zero-order chi connectivity index (χ0) is 17.4. The van der Waals surface area contributed by atoms with Crippen LogP contribution in [-0.4, -0.2) is 60.1 Å². The van der Waals surface area contributed by atoms with Gasteiger partial charge in [0.2, 0.25) is 11.8 Å². The lowest BCUT2D eigenvalue weighted by Crippen LogP contribution is -2.56. The van der Waals surface area contributed by atoms with Crippen LogP contribution in [0, 0.1) is 0 Å². The van der Waals surface area contributed by atoms with Gasteiger partial charge >= 0.3 is 0 Å². The number of carbonyl (C=O) groups excluding carboxylic acids is 2. The maximum absolute atomic E-state index is 12.2. The topological polar surface area (TPSA) is 83.6 Å². The molecule has 2 N–H and O–H groups in total. The van der Waals surface area contributed by atoms with Crippen molar-refractivity contribution in [3.05, 3.63) is 30.1 Å². The van der Waals surface area contributed by atoms with Gasteiger partial charge in [-0.1, -0.05) is 6.07 Å². The fourth-order valence-electron chi connectivity index (χ4n) is 2.61. The number of amides is 2. The van der Waals surface area contributed by atoms with Gasteiger partial charge < -0.3 is 15.4 Å². The molecule has 2 heterocycles. The first kappa shape index (κ1) is 18.4. The molecule has 1 aliphatic rings. The molecule has 0 unspecified atom stereocenters. The van der Waals surface area contributed by atoms with Crippen molar-refractivity contribution in [2.24, 2.45) is 0 Å². The molecule has 1 saturated heterocycles. The summed E-state index contributed by atoms with van der Waals surface area (Å²) in [6.45, 7) is 6.67. The second kappa shape index (κ2) is 9.34. The third-order valence-electron chi connectivity index (χ3n) is 3.79. The standard InChI is InChI=1S/C17H26N4O3/c1-13(2)24-10-8-19-16(22)11-15-17(23)20-7-9-21(15)12-14-5-3-4-6-18-14/h3-6,13,15H,7-12H2,1-2H3,(H,19,22)(H,20,23)/t15-/m1/s1. The maximum Gasteiger partial charge on any atom is 0.237 e. The number of hydrogen-bond acceptors (Lipinski definition) is 5. The fraction of sp³-hybridized carbons (Fsp3) is 0.588. The summed E-state index contributed by atoms with van der Waals surface area (Å²) in [4.78, 5) is 30.6. The monoisotopic (exact) mass is 334 g/mol. The second-order valence-corrected chi connectivity index (χ2v) is 6.07. The van der Waals surface area contributed by atoms with Crippen LogP contribution in [0.2, 0.25) is 0 Å². The molecule has 7 nitrogen and oxygen atoms in total. The molecule has 2 amide bonds. The molecule has 1 fully saturated rings. The molecular formula is C17H26N4O3. The van der Waals surface area contributed by atoms with E-state index in [0.717, 1.165) is 5.69 Å². The normalized spacial score (nSPS) is 18.5. The van der Waals surface area contributed by atoms with Crippen LogP contribution in [0.25, 0.3) is 0 Å². The molecule has 2 rings (SSSR count). The highest BCUT2D eigenvalue weighted by Crippen LogP contribution is 2.12. The first-order chi connectivity index (χ1) is 11.6. The number of carbonyl (C=O) groups is 2. The Kier molecular flexibility index (Phi) is 7.14. The number of rotatable bonds is 8. The van der Waals surface area contributed by atoms with Gasteiger partial charge in [-0.05, 0) is 26.0 Å². The SMILES string of the molecule is CC(C)OCCNC(=O)C[C@@H]1C(=O)NCCN1Cc1ccccn1.